The van der Waals surface area contributed by atoms with Gasteiger partial charge < -0.3 is 4.90 Å². The summed E-state index contributed by atoms with van der Waals surface area (Å²) in [4.78, 5) is 2.50. The molecule has 0 unspecified atom stereocenters. The van der Waals surface area contributed by atoms with Crippen LogP contribution in [-0.4, -0.2) is 18.8 Å². The zero-order chi connectivity index (χ0) is 9.80. The van der Waals surface area contributed by atoms with E-state index in [0.717, 1.165) is 12.2 Å². The topological polar surface area (TPSA) is 3.24 Å². The van der Waals surface area contributed by atoms with Gasteiger partial charge in [0.1, 0.15) is 0 Å². The lowest BCUT2D eigenvalue weighted by Crippen LogP contribution is -2.19. The number of rotatable bonds is 3. The third-order valence-electron chi connectivity index (χ3n) is 2.82. The standard InChI is InChI=1S/C12H17NS/c14-10-7-11-5-1-2-6-12(11)13-8-3-4-9-13/h1-2,5-6,14H,3-4,7-10H2. The van der Waals surface area contributed by atoms with Gasteiger partial charge in [0, 0.05) is 18.8 Å². The summed E-state index contributed by atoms with van der Waals surface area (Å²) in [6, 6.07) is 8.72. The average molecular weight is 207 g/mol. The van der Waals surface area contributed by atoms with Crippen molar-refractivity contribution in [2.75, 3.05) is 23.7 Å². The molecule has 1 saturated heterocycles. The summed E-state index contributed by atoms with van der Waals surface area (Å²) in [6.07, 6.45) is 3.76. The predicted molar refractivity (Wildman–Crippen MR) is 65.4 cm³/mol. The van der Waals surface area contributed by atoms with Crippen molar-refractivity contribution in [1.82, 2.24) is 0 Å². The molecule has 0 amide bonds. The van der Waals surface area contributed by atoms with Crippen molar-refractivity contribution in [3.8, 4) is 0 Å². The van der Waals surface area contributed by atoms with Gasteiger partial charge in [-0.2, -0.15) is 12.6 Å². The maximum Gasteiger partial charge on any atom is 0.0399 e. The predicted octanol–water partition coefficient (Wildman–Crippen LogP) is 2.76. The number of anilines is 1. The lowest BCUT2D eigenvalue weighted by atomic mass is 10.1. The number of hydrogen-bond donors (Lipinski definition) is 1. The first-order chi connectivity index (χ1) is 6.92. The van der Waals surface area contributed by atoms with Crippen LogP contribution < -0.4 is 4.90 Å². The van der Waals surface area contributed by atoms with Gasteiger partial charge in [-0.1, -0.05) is 18.2 Å². The van der Waals surface area contributed by atoms with Crippen LogP contribution in [0.2, 0.25) is 0 Å². The number of hydrogen-bond acceptors (Lipinski definition) is 2. The van der Waals surface area contributed by atoms with Gasteiger partial charge in [0.05, 0.1) is 0 Å². The minimum Gasteiger partial charge on any atom is -0.371 e. The number of benzene rings is 1. The molecular weight excluding hydrogens is 190 g/mol. The first-order valence-corrected chi connectivity index (χ1v) is 5.99. The van der Waals surface area contributed by atoms with E-state index in [1.54, 1.807) is 0 Å². The summed E-state index contributed by atoms with van der Waals surface area (Å²) < 4.78 is 0. The van der Waals surface area contributed by atoms with E-state index in [2.05, 4.69) is 41.8 Å². The Labute approximate surface area is 91.5 Å². The maximum absolute atomic E-state index is 4.30. The Morgan fingerprint density at radius 1 is 1.14 bits per heavy atom. The van der Waals surface area contributed by atoms with E-state index in [1.807, 2.05) is 0 Å². The highest BCUT2D eigenvalue weighted by Crippen LogP contribution is 2.24. The fourth-order valence-corrected chi connectivity index (χ4v) is 2.35. The third kappa shape index (κ3) is 2.06. The van der Waals surface area contributed by atoms with Crippen molar-refractivity contribution in [3.63, 3.8) is 0 Å². The van der Waals surface area contributed by atoms with Crippen molar-refractivity contribution in [1.29, 1.82) is 0 Å². The van der Waals surface area contributed by atoms with Gasteiger partial charge >= 0.3 is 0 Å². The van der Waals surface area contributed by atoms with Crippen LogP contribution in [0.4, 0.5) is 5.69 Å². The van der Waals surface area contributed by atoms with Crippen molar-refractivity contribution in [3.05, 3.63) is 29.8 Å². The Morgan fingerprint density at radius 2 is 1.86 bits per heavy atom. The molecule has 0 saturated carbocycles. The summed E-state index contributed by atoms with van der Waals surface area (Å²) in [6.45, 7) is 2.45. The lowest BCUT2D eigenvalue weighted by molar-refractivity contribution is 0.949. The van der Waals surface area contributed by atoms with Crippen LogP contribution in [-0.2, 0) is 6.42 Å². The van der Waals surface area contributed by atoms with Gasteiger partial charge in [0.15, 0.2) is 0 Å². The second-order valence-corrected chi connectivity index (χ2v) is 4.24. The molecule has 0 bridgehead atoms. The molecule has 76 valence electrons. The molecule has 1 aliphatic heterocycles. The Hall–Kier alpha value is -0.630. The van der Waals surface area contributed by atoms with Crippen LogP contribution in [0.15, 0.2) is 24.3 Å². The van der Waals surface area contributed by atoms with Gasteiger partial charge in [0.25, 0.3) is 0 Å². The second kappa shape index (κ2) is 4.74. The van der Waals surface area contributed by atoms with Crippen molar-refractivity contribution < 1.29 is 0 Å². The zero-order valence-electron chi connectivity index (χ0n) is 8.45. The molecule has 2 heteroatoms. The van der Waals surface area contributed by atoms with E-state index in [4.69, 9.17) is 0 Å². The normalized spacial score (nSPS) is 16.2. The van der Waals surface area contributed by atoms with Gasteiger partial charge in [-0.05, 0) is 36.6 Å². The quantitative estimate of drug-likeness (QED) is 0.746. The minimum absolute atomic E-state index is 0.935. The fourth-order valence-electron chi connectivity index (χ4n) is 2.11. The summed E-state index contributed by atoms with van der Waals surface area (Å²) in [5, 5.41) is 0. The van der Waals surface area contributed by atoms with E-state index < -0.39 is 0 Å². The molecule has 0 aromatic heterocycles. The first-order valence-electron chi connectivity index (χ1n) is 5.35. The Kier molecular flexibility index (Phi) is 3.35. The van der Waals surface area contributed by atoms with E-state index in [-0.39, 0.29) is 0 Å². The number of aryl methyl sites for hydroxylation is 1. The van der Waals surface area contributed by atoms with Crippen molar-refractivity contribution in [2.45, 2.75) is 19.3 Å². The maximum atomic E-state index is 4.30. The van der Waals surface area contributed by atoms with Crippen LogP contribution in [0.3, 0.4) is 0 Å². The smallest absolute Gasteiger partial charge is 0.0399 e. The molecule has 14 heavy (non-hydrogen) atoms. The van der Waals surface area contributed by atoms with E-state index >= 15 is 0 Å². The monoisotopic (exact) mass is 207 g/mol. The van der Waals surface area contributed by atoms with Crippen molar-refractivity contribution in [2.24, 2.45) is 0 Å². The highest BCUT2D eigenvalue weighted by Gasteiger charge is 2.14. The van der Waals surface area contributed by atoms with Gasteiger partial charge in [-0.25, -0.2) is 0 Å². The molecule has 0 spiro atoms. The Bertz CT molecular complexity index is 292. The molecule has 0 N–H and O–H groups in total. The highest BCUT2D eigenvalue weighted by atomic mass is 32.1. The van der Waals surface area contributed by atoms with Gasteiger partial charge in [-0.3, -0.25) is 0 Å². The molecule has 1 aromatic rings. The summed E-state index contributed by atoms with van der Waals surface area (Å²) in [5.74, 6) is 0.935. The fraction of sp³-hybridized carbons (Fsp3) is 0.500. The highest BCUT2D eigenvalue weighted by molar-refractivity contribution is 7.80. The third-order valence-corrected chi connectivity index (χ3v) is 3.04. The van der Waals surface area contributed by atoms with Crippen molar-refractivity contribution >= 4 is 18.3 Å². The molecule has 1 aliphatic rings. The van der Waals surface area contributed by atoms with Crippen LogP contribution in [0.5, 0.6) is 0 Å². The molecule has 0 aliphatic carbocycles. The largest absolute Gasteiger partial charge is 0.371 e. The van der Waals surface area contributed by atoms with E-state index in [9.17, 15) is 0 Å². The number of para-hydroxylation sites is 1. The molecule has 2 rings (SSSR count). The summed E-state index contributed by atoms with van der Waals surface area (Å²) in [5.41, 5.74) is 2.88. The van der Waals surface area contributed by atoms with Crippen LogP contribution in [0.1, 0.15) is 18.4 Å². The SMILES string of the molecule is SCCc1ccccc1N1CCCC1. The van der Waals surface area contributed by atoms with Crippen LogP contribution in [0, 0.1) is 0 Å². The Morgan fingerprint density at radius 3 is 2.57 bits per heavy atom. The van der Waals surface area contributed by atoms with Crippen LogP contribution >= 0.6 is 12.6 Å². The number of nitrogens with zero attached hydrogens (tertiary/aromatic N) is 1. The molecule has 1 nitrogen and oxygen atoms in total. The average Bonchev–Trinajstić information content (AvgIpc) is 2.72. The van der Waals surface area contributed by atoms with E-state index in [0.29, 0.717) is 0 Å². The molecular formula is C12H17NS. The molecule has 1 heterocycles. The molecule has 0 radical (unpaired) electrons. The molecule has 1 aromatic carbocycles. The Balaban J connectivity index is 2.21. The van der Waals surface area contributed by atoms with Crippen LogP contribution in [0.25, 0.3) is 0 Å². The lowest BCUT2D eigenvalue weighted by Gasteiger charge is -2.20. The molecule has 0 atom stereocenters. The number of thiol groups is 1. The van der Waals surface area contributed by atoms with E-state index in [1.165, 1.54) is 37.2 Å². The first kappa shape index (κ1) is 9.91. The van der Waals surface area contributed by atoms with Gasteiger partial charge in [-0.15, -0.1) is 0 Å². The minimum atomic E-state index is 0.935. The zero-order valence-corrected chi connectivity index (χ0v) is 9.34. The van der Waals surface area contributed by atoms with Gasteiger partial charge in [0.2, 0.25) is 0 Å². The second-order valence-electron chi connectivity index (χ2n) is 3.80. The summed E-state index contributed by atoms with van der Waals surface area (Å²) >= 11 is 4.30. The summed E-state index contributed by atoms with van der Waals surface area (Å²) in [7, 11) is 0. The molecule has 1 fully saturated rings.